The van der Waals surface area contributed by atoms with Crippen molar-refractivity contribution in [2.24, 2.45) is 0 Å². The molecule has 3 heterocycles. The van der Waals surface area contributed by atoms with Crippen molar-refractivity contribution in [1.82, 2.24) is 9.47 Å². The molecule has 1 atom stereocenters. The average molecular weight is 449 g/mol. The van der Waals surface area contributed by atoms with Gasteiger partial charge in [-0.2, -0.15) is 0 Å². The predicted octanol–water partition coefficient (Wildman–Crippen LogP) is 4.85. The number of ether oxygens (including phenoxy) is 3. The molecule has 1 aromatic heterocycles. The SMILES string of the molecule is CC[C@@H](C)Oc1cccc2c1cc(C(=O)N1CCC3(CC1)OCCO3)n2Cc1ccccc1. The van der Waals surface area contributed by atoms with Gasteiger partial charge in [0.15, 0.2) is 5.79 Å². The fraction of sp³-hybridized carbons (Fsp3) is 0.444. The molecular formula is C27H32N2O4. The lowest BCUT2D eigenvalue weighted by molar-refractivity contribution is -0.181. The van der Waals surface area contributed by atoms with Crippen molar-refractivity contribution in [3.8, 4) is 5.75 Å². The van der Waals surface area contributed by atoms with Crippen LogP contribution in [0.2, 0.25) is 0 Å². The van der Waals surface area contributed by atoms with E-state index >= 15 is 0 Å². The molecule has 2 aromatic carbocycles. The summed E-state index contributed by atoms with van der Waals surface area (Å²) in [5, 5.41) is 0.980. The second-order valence-corrected chi connectivity index (χ2v) is 9.03. The van der Waals surface area contributed by atoms with Gasteiger partial charge in [0.2, 0.25) is 0 Å². The molecule has 1 amide bonds. The number of benzene rings is 2. The molecule has 2 fully saturated rings. The topological polar surface area (TPSA) is 52.9 Å². The van der Waals surface area contributed by atoms with Gasteiger partial charge in [-0.3, -0.25) is 4.79 Å². The van der Waals surface area contributed by atoms with Crippen molar-refractivity contribution in [2.75, 3.05) is 26.3 Å². The highest BCUT2D eigenvalue weighted by Crippen LogP contribution is 2.34. The summed E-state index contributed by atoms with van der Waals surface area (Å²) < 4.78 is 20.0. The van der Waals surface area contributed by atoms with Crippen LogP contribution in [0.15, 0.2) is 54.6 Å². The molecule has 5 rings (SSSR count). The zero-order chi connectivity index (χ0) is 22.8. The summed E-state index contributed by atoms with van der Waals surface area (Å²) in [6.45, 7) is 7.34. The Bertz CT molecular complexity index is 1110. The highest BCUT2D eigenvalue weighted by molar-refractivity contribution is 6.00. The monoisotopic (exact) mass is 448 g/mol. The third-order valence-electron chi connectivity index (χ3n) is 6.84. The van der Waals surface area contributed by atoms with Crippen molar-refractivity contribution in [1.29, 1.82) is 0 Å². The molecular weight excluding hydrogens is 416 g/mol. The predicted molar refractivity (Wildman–Crippen MR) is 128 cm³/mol. The van der Waals surface area contributed by atoms with Crippen molar-refractivity contribution in [3.63, 3.8) is 0 Å². The number of fused-ring (bicyclic) bond motifs is 1. The Morgan fingerprint density at radius 2 is 1.79 bits per heavy atom. The lowest BCUT2D eigenvalue weighted by Gasteiger charge is -2.37. The molecule has 2 aliphatic heterocycles. The van der Waals surface area contributed by atoms with Gasteiger partial charge < -0.3 is 23.7 Å². The Morgan fingerprint density at radius 1 is 1.06 bits per heavy atom. The summed E-state index contributed by atoms with van der Waals surface area (Å²) in [6, 6.07) is 18.4. The van der Waals surface area contributed by atoms with Gasteiger partial charge in [-0.1, -0.05) is 43.3 Å². The molecule has 0 radical (unpaired) electrons. The van der Waals surface area contributed by atoms with E-state index in [9.17, 15) is 4.79 Å². The molecule has 6 nitrogen and oxygen atoms in total. The molecule has 0 saturated carbocycles. The standard InChI is InChI=1S/C27H32N2O4/c1-3-20(2)33-25-11-7-10-23-22(25)18-24(29(23)19-21-8-5-4-6-9-21)26(30)28-14-12-27(13-15-28)31-16-17-32-27/h4-11,18,20H,3,12-17,19H2,1-2H3/t20-/m1/s1. The van der Waals surface area contributed by atoms with Crippen LogP contribution in [0.1, 0.15) is 49.2 Å². The van der Waals surface area contributed by atoms with Crippen LogP contribution in [0.5, 0.6) is 5.75 Å². The third-order valence-corrected chi connectivity index (χ3v) is 6.84. The largest absolute Gasteiger partial charge is 0.490 e. The lowest BCUT2D eigenvalue weighted by Crippen LogP contribution is -2.47. The Hall–Kier alpha value is -2.83. The highest BCUT2D eigenvalue weighted by atomic mass is 16.7. The summed E-state index contributed by atoms with van der Waals surface area (Å²) in [6.07, 6.45) is 2.45. The van der Waals surface area contributed by atoms with E-state index in [1.165, 1.54) is 0 Å². The van der Waals surface area contributed by atoms with Crippen LogP contribution in [0, 0.1) is 0 Å². The Morgan fingerprint density at radius 3 is 2.48 bits per heavy atom. The van der Waals surface area contributed by atoms with E-state index in [0.29, 0.717) is 51.4 Å². The lowest BCUT2D eigenvalue weighted by atomic mass is 10.0. The summed E-state index contributed by atoms with van der Waals surface area (Å²) in [5.74, 6) is 0.378. The summed E-state index contributed by atoms with van der Waals surface area (Å²) in [7, 11) is 0. The first-order valence-corrected chi connectivity index (χ1v) is 12.0. The Kier molecular flexibility index (Phi) is 6.13. The zero-order valence-corrected chi connectivity index (χ0v) is 19.5. The molecule has 2 aliphatic rings. The first-order chi connectivity index (χ1) is 16.1. The minimum absolute atomic E-state index is 0.0458. The molecule has 174 valence electrons. The molecule has 0 unspecified atom stereocenters. The molecule has 0 bridgehead atoms. The number of hydrogen-bond acceptors (Lipinski definition) is 4. The van der Waals surface area contributed by atoms with Gasteiger partial charge in [0.05, 0.1) is 24.8 Å². The smallest absolute Gasteiger partial charge is 0.270 e. The molecule has 2 saturated heterocycles. The van der Waals surface area contributed by atoms with Crippen LogP contribution in [0.25, 0.3) is 10.9 Å². The number of aromatic nitrogens is 1. The number of rotatable bonds is 6. The molecule has 6 heteroatoms. The number of hydrogen-bond donors (Lipinski definition) is 0. The molecule has 0 aliphatic carbocycles. The van der Waals surface area contributed by atoms with E-state index in [2.05, 4.69) is 36.6 Å². The van der Waals surface area contributed by atoms with E-state index in [1.807, 2.05) is 41.3 Å². The summed E-state index contributed by atoms with van der Waals surface area (Å²) in [4.78, 5) is 15.7. The van der Waals surface area contributed by atoms with Gasteiger partial charge in [-0.05, 0) is 37.1 Å². The maximum Gasteiger partial charge on any atom is 0.270 e. The van der Waals surface area contributed by atoms with Crippen molar-refractivity contribution >= 4 is 16.8 Å². The maximum absolute atomic E-state index is 13.8. The van der Waals surface area contributed by atoms with E-state index in [0.717, 1.165) is 28.6 Å². The normalized spacial score (nSPS) is 18.7. The number of carbonyl (C=O) groups is 1. The molecule has 3 aromatic rings. The fourth-order valence-corrected chi connectivity index (χ4v) is 4.77. The summed E-state index contributed by atoms with van der Waals surface area (Å²) in [5.41, 5.74) is 2.86. The molecule has 33 heavy (non-hydrogen) atoms. The van der Waals surface area contributed by atoms with Gasteiger partial charge in [0, 0.05) is 37.9 Å². The van der Waals surface area contributed by atoms with Crippen LogP contribution in [0.4, 0.5) is 0 Å². The van der Waals surface area contributed by atoms with E-state index in [-0.39, 0.29) is 12.0 Å². The fourth-order valence-electron chi connectivity index (χ4n) is 4.77. The number of piperidine rings is 1. The first-order valence-electron chi connectivity index (χ1n) is 12.0. The second kappa shape index (κ2) is 9.20. The molecule has 0 N–H and O–H groups in total. The van der Waals surface area contributed by atoms with Crippen LogP contribution in [0.3, 0.4) is 0 Å². The maximum atomic E-state index is 13.8. The quantitative estimate of drug-likeness (QED) is 0.541. The minimum atomic E-state index is -0.495. The van der Waals surface area contributed by atoms with Crippen molar-refractivity contribution in [3.05, 3.63) is 65.9 Å². The first kappa shape index (κ1) is 22.0. The van der Waals surface area contributed by atoms with Crippen LogP contribution in [-0.2, 0) is 16.0 Å². The van der Waals surface area contributed by atoms with Gasteiger partial charge >= 0.3 is 0 Å². The minimum Gasteiger partial charge on any atom is -0.490 e. The van der Waals surface area contributed by atoms with Crippen LogP contribution < -0.4 is 4.74 Å². The third kappa shape index (κ3) is 4.37. The van der Waals surface area contributed by atoms with Crippen molar-refractivity contribution < 1.29 is 19.0 Å². The van der Waals surface area contributed by atoms with Crippen molar-refractivity contribution in [2.45, 2.75) is 51.5 Å². The van der Waals surface area contributed by atoms with Crippen LogP contribution in [-0.4, -0.2) is 53.6 Å². The summed E-state index contributed by atoms with van der Waals surface area (Å²) >= 11 is 0. The van der Waals surface area contributed by atoms with Gasteiger partial charge in [-0.15, -0.1) is 0 Å². The molecule has 1 spiro atoms. The number of carbonyl (C=O) groups excluding carboxylic acids is 1. The van der Waals surface area contributed by atoms with E-state index in [4.69, 9.17) is 14.2 Å². The Balaban J connectivity index is 1.50. The number of likely N-dealkylation sites (tertiary alicyclic amines) is 1. The van der Waals surface area contributed by atoms with Crippen LogP contribution >= 0.6 is 0 Å². The second-order valence-electron chi connectivity index (χ2n) is 9.03. The van der Waals surface area contributed by atoms with E-state index in [1.54, 1.807) is 0 Å². The van der Waals surface area contributed by atoms with E-state index < -0.39 is 5.79 Å². The number of amides is 1. The van der Waals surface area contributed by atoms with Gasteiger partial charge in [0.1, 0.15) is 11.4 Å². The zero-order valence-electron chi connectivity index (χ0n) is 19.5. The average Bonchev–Trinajstić information content (AvgIpc) is 3.45. The number of nitrogens with zero attached hydrogens (tertiary/aromatic N) is 2. The van der Waals surface area contributed by atoms with Gasteiger partial charge in [-0.25, -0.2) is 0 Å². The van der Waals surface area contributed by atoms with Gasteiger partial charge in [0.25, 0.3) is 5.91 Å². The highest BCUT2D eigenvalue weighted by Gasteiger charge is 2.41. The Labute approximate surface area is 195 Å².